The van der Waals surface area contributed by atoms with Gasteiger partial charge < -0.3 is 5.11 Å². The van der Waals surface area contributed by atoms with E-state index >= 15 is 0 Å². The van der Waals surface area contributed by atoms with Gasteiger partial charge in [0.2, 0.25) is 0 Å². The number of carbonyl (C=O) groups is 1. The molecule has 2 fully saturated rings. The molecule has 7 heteroatoms. The topological polar surface area (TPSA) is 77.9 Å². The Bertz CT molecular complexity index is 459. The molecule has 1 atom stereocenters. The van der Waals surface area contributed by atoms with Crippen LogP contribution in [0, 0.1) is 11.8 Å². The number of piperidine rings is 1. The average Bonchev–Trinajstić information content (AvgIpc) is 3.20. The first kappa shape index (κ1) is 15.7. The Kier molecular flexibility index (Phi) is 4.71. The largest absolute Gasteiger partial charge is 0.481 e. The third-order valence-corrected chi connectivity index (χ3v) is 5.88. The molecule has 0 aromatic carbocycles. The van der Waals surface area contributed by atoms with Crippen LogP contribution in [0.2, 0.25) is 0 Å². The Morgan fingerprint density at radius 1 is 1.35 bits per heavy atom. The standard InChI is InChI=1S/C13H24N2O4S/c1-10(2)8-15(12-5-6-12)20(18,19)14-7-3-4-11(9-14)13(16)17/h10-12H,3-9H2,1-2H3,(H,16,17). The van der Waals surface area contributed by atoms with Crippen LogP contribution in [-0.4, -0.2) is 53.8 Å². The maximum absolute atomic E-state index is 12.7. The van der Waals surface area contributed by atoms with E-state index in [0.29, 0.717) is 25.9 Å². The molecule has 0 aromatic rings. The minimum absolute atomic E-state index is 0.110. The van der Waals surface area contributed by atoms with Gasteiger partial charge in [0.25, 0.3) is 10.2 Å². The SMILES string of the molecule is CC(C)CN(C1CC1)S(=O)(=O)N1CCCC(C(=O)O)C1. The summed E-state index contributed by atoms with van der Waals surface area (Å²) in [4.78, 5) is 11.1. The minimum atomic E-state index is -3.52. The van der Waals surface area contributed by atoms with Crippen LogP contribution in [0.3, 0.4) is 0 Å². The lowest BCUT2D eigenvalue weighted by Crippen LogP contribution is -2.50. The van der Waals surface area contributed by atoms with Crippen molar-refractivity contribution in [2.24, 2.45) is 11.8 Å². The number of hydrogen-bond donors (Lipinski definition) is 1. The quantitative estimate of drug-likeness (QED) is 0.798. The van der Waals surface area contributed by atoms with E-state index in [-0.39, 0.29) is 18.5 Å². The van der Waals surface area contributed by atoms with Gasteiger partial charge in [-0.1, -0.05) is 13.8 Å². The summed E-state index contributed by atoms with van der Waals surface area (Å²) in [6.45, 7) is 5.07. The highest BCUT2D eigenvalue weighted by atomic mass is 32.2. The Morgan fingerprint density at radius 2 is 2.00 bits per heavy atom. The summed E-state index contributed by atoms with van der Waals surface area (Å²) in [6.07, 6.45) is 3.02. The number of hydrogen-bond acceptors (Lipinski definition) is 3. The summed E-state index contributed by atoms with van der Waals surface area (Å²) in [6, 6.07) is 0.118. The molecular weight excluding hydrogens is 280 g/mol. The second-order valence-electron chi connectivity index (χ2n) is 6.24. The van der Waals surface area contributed by atoms with Crippen molar-refractivity contribution in [3.05, 3.63) is 0 Å². The van der Waals surface area contributed by atoms with Gasteiger partial charge in [-0.25, -0.2) is 0 Å². The second kappa shape index (κ2) is 5.99. The van der Waals surface area contributed by atoms with Gasteiger partial charge in [0.1, 0.15) is 0 Å². The molecule has 0 radical (unpaired) electrons. The van der Waals surface area contributed by atoms with Crippen molar-refractivity contribution in [1.82, 2.24) is 8.61 Å². The predicted octanol–water partition coefficient (Wildman–Crippen LogP) is 1.15. The number of carboxylic acids is 1. The molecule has 6 nitrogen and oxygen atoms in total. The van der Waals surface area contributed by atoms with Gasteiger partial charge in [0.05, 0.1) is 5.92 Å². The van der Waals surface area contributed by atoms with Crippen molar-refractivity contribution in [3.63, 3.8) is 0 Å². The second-order valence-corrected chi connectivity index (χ2v) is 8.12. The molecule has 20 heavy (non-hydrogen) atoms. The van der Waals surface area contributed by atoms with Gasteiger partial charge >= 0.3 is 5.97 Å². The van der Waals surface area contributed by atoms with Gasteiger partial charge in [0.15, 0.2) is 0 Å². The molecule has 1 saturated heterocycles. The molecule has 0 bridgehead atoms. The fourth-order valence-electron chi connectivity index (χ4n) is 2.66. The molecule has 1 aliphatic carbocycles. The Balaban J connectivity index is 2.12. The van der Waals surface area contributed by atoms with E-state index in [2.05, 4.69) is 0 Å². The van der Waals surface area contributed by atoms with Crippen LogP contribution in [0.4, 0.5) is 0 Å². The summed E-state index contributed by atoms with van der Waals surface area (Å²) >= 11 is 0. The van der Waals surface area contributed by atoms with Gasteiger partial charge in [0, 0.05) is 25.7 Å². The third kappa shape index (κ3) is 3.51. The van der Waals surface area contributed by atoms with Crippen molar-refractivity contribution >= 4 is 16.2 Å². The Labute approximate surface area is 120 Å². The van der Waals surface area contributed by atoms with E-state index in [1.165, 1.54) is 4.31 Å². The van der Waals surface area contributed by atoms with Crippen molar-refractivity contribution in [3.8, 4) is 0 Å². The maximum Gasteiger partial charge on any atom is 0.307 e. The maximum atomic E-state index is 12.7. The molecule has 1 unspecified atom stereocenters. The van der Waals surface area contributed by atoms with E-state index in [1.54, 1.807) is 4.31 Å². The lowest BCUT2D eigenvalue weighted by Gasteiger charge is -2.35. The molecule has 0 aromatic heterocycles. The first-order valence-corrected chi connectivity index (χ1v) is 8.71. The summed E-state index contributed by atoms with van der Waals surface area (Å²) in [5.74, 6) is -1.20. The van der Waals surface area contributed by atoms with Crippen molar-refractivity contribution in [1.29, 1.82) is 0 Å². The summed E-state index contributed by atoms with van der Waals surface area (Å²) < 4.78 is 28.4. The van der Waals surface area contributed by atoms with E-state index in [0.717, 1.165) is 12.8 Å². The first-order chi connectivity index (χ1) is 9.32. The normalized spacial score (nSPS) is 25.3. The summed E-state index contributed by atoms with van der Waals surface area (Å²) in [5.41, 5.74) is 0. The monoisotopic (exact) mass is 304 g/mol. The molecule has 1 N–H and O–H groups in total. The summed E-state index contributed by atoms with van der Waals surface area (Å²) in [7, 11) is -3.52. The molecule has 116 valence electrons. The molecule has 1 saturated carbocycles. The highest BCUT2D eigenvalue weighted by Crippen LogP contribution is 2.32. The zero-order valence-corrected chi connectivity index (χ0v) is 13.0. The fourth-order valence-corrected chi connectivity index (χ4v) is 4.75. The third-order valence-electron chi connectivity index (χ3n) is 3.86. The molecule has 1 heterocycles. The molecule has 2 rings (SSSR count). The first-order valence-electron chi connectivity index (χ1n) is 7.32. The number of nitrogens with zero attached hydrogens (tertiary/aromatic N) is 2. The smallest absolute Gasteiger partial charge is 0.307 e. The van der Waals surface area contributed by atoms with Crippen molar-refractivity contribution in [2.45, 2.75) is 45.6 Å². The van der Waals surface area contributed by atoms with Crippen LogP contribution in [0.1, 0.15) is 39.5 Å². The van der Waals surface area contributed by atoms with Crippen molar-refractivity contribution in [2.75, 3.05) is 19.6 Å². The van der Waals surface area contributed by atoms with E-state index < -0.39 is 22.1 Å². The zero-order chi connectivity index (χ0) is 14.9. The molecular formula is C13H24N2O4S. The highest BCUT2D eigenvalue weighted by molar-refractivity contribution is 7.86. The molecule has 0 spiro atoms. The van der Waals surface area contributed by atoms with Crippen LogP contribution in [-0.2, 0) is 15.0 Å². The molecule has 0 amide bonds. The van der Waals surface area contributed by atoms with Crippen molar-refractivity contribution < 1.29 is 18.3 Å². The zero-order valence-electron chi connectivity index (χ0n) is 12.2. The van der Waals surface area contributed by atoms with Crippen LogP contribution in [0.5, 0.6) is 0 Å². The van der Waals surface area contributed by atoms with E-state index in [1.807, 2.05) is 13.8 Å². The number of carboxylic acid groups (broad SMARTS) is 1. The number of rotatable bonds is 6. The van der Waals surface area contributed by atoms with Gasteiger partial charge in [-0.3, -0.25) is 4.79 Å². The van der Waals surface area contributed by atoms with E-state index in [4.69, 9.17) is 5.11 Å². The van der Waals surface area contributed by atoms with Crippen LogP contribution in [0.15, 0.2) is 0 Å². The predicted molar refractivity (Wildman–Crippen MR) is 75.4 cm³/mol. The lowest BCUT2D eigenvalue weighted by molar-refractivity contribution is -0.142. The van der Waals surface area contributed by atoms with Gasteiger partial charge in [-0.15, -0.1) is 0 Å². The van der Waals surface area contributed by atoms with Gasteiger partial charge in [-0.2, -0.15) is 17.0 Å². The highest BCUT2D eigenvalue weighted by Gasteiger charge is 2.42. The molecule has 1 aliphatic heterocycles. The molecule has 2 aliphatic rings. The number of aliphatic carboxylic acids is 1. The summed E-state index contributed by atoms with van der Waals surface area (Å²) in [5, 5.41) is 9.09. The Morgan fingerprint density at radius 3 is 2.50 bits per heavy atom. The Hall–Kier alpha value is -0.660. The van der Waals surface area contributed by atoms with Crippen LogP contribution >= 0.6 is 0 Å². The lowest BCUT2D eigenvalue weighted by atomic mass is 10.0. The van der Waals surface area contributed by atoms with Gasteiger partial charge in [-0.05, 0) is 31.6 Å². The minimum Gasteiger partial charge on any atom is -0.481 e. The van der Waals surface area contributed by atoms with Crippen LogP contribution in [0.25, 0.3) is 0 Å². The fraction of sp³-hybridized carbons (Fsp3) is 0.923. The van der Waals surface area contributed by atoms with Crippen LogP contribution < -0.4 is 0 Å². The average molecular weight is 304 g/mol. The van der Waals surface area contributed by atoms with E-state index in [9.17, 15) is 13.2 Å².